The van der Waals surface area contributed by atoms with Gasteiger partial charge in [0, 0.05) is 63.0 Å². The van der Waals surface area contributed by atoms with E-state index in [0.29, 0.717) is 0 Å². The number of rotatable bonds is 5. The average Bonchev–Trinajstić information content (AvgIpc) is 3.85. The van der Waals surface area contributed by atoms with E-state index in [1.807, 2.05) is 22.7 Å². The van der Waals surface area contributed by atoms with Crippen molar-refractivity contribution in [2.75, 3.05) is 4.90 Å². The third-order valence-electron chi connectivity index (χ3n) is 9.11. The summed E-state index contributed by atoms with van der Waals surface area (Å²) in [5, 5.41) is 6.25. The van der Waals surface area contributed by atoms with Crippen molar-refractivity contribution in [3.05, 3.63) is 158 Å². The average molecular weight is 667 g/mol. The van der Waals surface area contributed by atoms with E-state index in [4.69, 9.17) is 4.98 Å². The van der Waals surface area contributed by atoms with Gasteiger partial charge >= 0.3 is 0 Å². The number of anilines is 3. The van der Waals surface area contributed by atoms with Crippen LogP contribution in [-0.2, 0) is 0 Å². The second-order valence-corrected chi connectivity index (χ2v) is 15.2. The van der Waals surface area contributed by atoms with Crippen LogP contribution in [0.2, 0.25) is 0 Å². The largest absolute Gasteiger partial charge is 0.310 e. The van der Waals surface area contributed by atoms with Crippen LogP contribution in [0.1, 0.15) is 0 Å². The molecule has 0 N–H and O–H groups in total. The Kier molecular flexibility index (Phi) is 6.44. The summed E-state index contributed by atoms with van der Waals surface area (Å²) in [4.78, 5) is 7.49. The van der Waals surface area contributed by atoms with Crippen LogP contribution in [0.4, 0.5) is 17.1 Å². The summed E-state index contributed by atoms with van der Waals surface area (Å²) in [6.07, 6.45) is 0. The highest BCUT2D eigenvalue weighted by Crippen LogP contribution is 2.44. The number of hydrogen-bond acceptors (Lipinski definition) is 5. The molecule has 0 atom stereocenters. The van der Waals surface area contributed by atoms with Crippen molar-refractivity contribution >= 4 is 102 Å². The molecular formula is C43H26N2S3. The zero-order valence-electron chi connectivity index (χ0n) is 25.6. The Morgan fingerprint density at radius 3 is 1.85 bits per heavy atom. The fourth-order valence-corrected chi connectivity index (χ4v) is 10.1. The number of hydrogen-bond donors (Lipinski definition) is 0. The number of thiophene rings is 2. The van der Waals surface area contributed by atoms with Gasteiger partial charge in [-0.3, -0.25) is 0 Å². The van der Waals surface area contributed by atoms with Crippen LogP contribution in [0, 0.1) is 0 Å². The second-order valence-electron chi connectivity index (χ2n) is 12.0. The van der Waals surface area contributed by atoms with E-state index < -0.39 is 0 Å². The van der Waals surface area contributed by atoms with Crippen LogP contribution in [0.15, 0.2) is 158 Å². The number of nitrogens with zero attached hydrogens (tertiary/aromatic N) is 2. The van der Waals surface area contributed by atoms with Crippen molar-refractivity contribution in [2.45, 2.75) is 0 Å². The zero-order chi connectivity index (χ0) is 31.6. The molecule has 0 unspecified atom stereocenters. The van der Waals surface area contributed by atoms with Crippen molar-refractivity contribution in [1.29, 1.82) is 0 Å². The first kappa shape index (κ1) is 27.8. The summed E-state index contributed by atoms with van der Waals surface area (Å²) in [5.41, 5.74) is 8.13. The summed E-state index contributed by atoms with van der Waals surface area (Å²) >= 11 is 5.48. The van der Waals surface area contributed by atoms with E-state index in [1.54, 1.807) is 11.3 Å². The number of aromatic nitrogens is 1. The molecule has 0 aliphatic rings. The summed E-state index contributed by atoms with van der Waals surface area (Å²) < 4.78 is 6.42. The Bertz CT molecular complexity index is 2770. The van der Waals surface area contributed by atoms with Crippen LogP contribution in [-0.4, -0.2) is 4.98 Å². The Balaban J connectivity index is 1.03. The normalized spacial score (nSPS) is 11.8. The predicted molar refractivity (Wildman–Crippen MR) is 211 cm³/mol. The van der Waals surface area contributed by atoms with Crippen molar-refractivity contribution in [2.24, 2.45) is 0 Å². The fraction of sp³-hybridized carbons (Fsp3) is 0. The van der Waals surface area contributed by atoms with Gasteiger partial charge in [-0.2, -0.15) is 0 Å². The minimum absolute atomic E-state index is 1.07. The fourth-order valence-electron chi connectivity index (χ4n) is 6.82. The lowest BCUT2D eigenvalue weighted by atomic mass is 10.0. The van der Waals surface area contributed by atoms with Crippen LogP contribution in [0.5, 0.6) is 0 Å². The molecule has 10 rings (SSSR count). The third-order valence-corrected chi connectivity index (χ3v) is 12.4. The van der Waals surface area contributed by atoms with Crippen LogP contribution in [0.25, 0.3) is 72.3 Å². The molecule has 0 radical (unpaired) electrons. The van der Waals surface area contributed by atoms with Gasteiger partial charge in [-0.05, 0) is 71.8 Å². The monoisotopic (exact) mass is 666 g/mol. The first-order valence-electron chi connectivity index (χ1n) is 15.9. The van der Waals surface area contributed by atoms with E-state index in [2.05, 4.69) is 163 Å². The molecule has 0 bridgehead atoms. The van der Waals surface area contributed by atoms with Crippen molar-refractivity contribution in [1.82, 2.24) is 4.98 Å². The molecular weight excluding hydrogens is 641 g/mol. The molecule has 48 heavy (non-hydrogen) atoms. The lowest BCUT2D eigenvalue weighted by molar-refractivity contribution is 1.29. The van der Waals surface area contributed by atoms with Gasteiger partial charge in [-0.1, -0.05) is 97.1 Å². The topological polar surface area (TPSA) is 16.1 Å². The molecule has 3 heterocycles. The molecule has 10 aromatic rings. The van der Waals surface area contributed by atoms with Crippen molar-refractivity contribution in [3.63, 3.8) is 0 Å². The SMILES string of the molecule is c1ccc(-c2nc3c(ccc4sc5cc(-c6ccc(N(c7ccccc7)c7ccc8c(c7)sc7ccccc78)cc6)ccc5c43)s2)cc1. The molecule has 226 valence electrons. The highest BCUT2D eigenvalue weighted by Gasteiger charge is 2.17. The van der Waals surface area contributed by atoms with E-state index in [-0.39, 0.29) is 0 Å². The molecule has 0 amide bonds. The maximum atomic E-state index is 5.14. The molecule has 5 heteroatoms. The van der Waals surface area contributed by atoms with Gasteiger partial charge in [-0.25, -0.2) is 4.98 Å². The Morgan fingerprint density at radius 1 is 0.375 bits per heavy atom. The predicted octanol–water partition coefficient (Wildman–Crippen LogP) is 13.8. The van der Waals surface area contributed by atoms with Gasteiger partial charge < -0.3 is 4.90 Å². The summed E-state index contributed by atoms with van der Waals surface area (Å²) in [6, 6.07) is 57.1. The van der Waals surface area contributed by atoms with Crippen LogP contribution in [0.3, 0.4) is 0 Å². The van der Waals surface area contributed by atoms with Crippen LogP contribution >= 0.6 is 34.0 Å². The van der Waals surface area contributed by atoms with Gasteiger partial charge in [0.25, 0.3) is 0 Å². The molecule has 2 nitrogen and oxygen atoms in total. The summed E-state index contributed by atoms with van der Waals surface area (Å²) in [5.74, 6) is 0. The minimum Gasteiger partial charge on any atom is -0.310 e. The van der Waals surface area contributed by atoms with E-state index in [1.165, 1.54) is 61.7 Å². The van der Waals surface area contributed by atoms with E-state index in [9.17, 15) is 0 Å². The molecule has 0 aliphatic carbocycles. The van der Waals surface area contributed by atoms with E-state index >= 15 is 0 Å². The highest BCUT2D eigenvalue weighted by molar-refractivity contribution is 7.27. The van der Waals surface area contributed by atoms with Crippen molar-refractivity contribution < 1.29 is 0 Å². The molecule has 0 saturated heterocycles. The number of fused-ring (bicyclic) bond motifs is 8. The van der Waals surface area contributed by atoms with Gasteiger partial charge in [-0.15, -0.1) is 34.0 Å². The summed E-state index contributed by atoms with van der Waals surface area (Å²) in [7, 11) is 0. The molecule has 3 aromatic heterocycles. The maximum absolute atomic E-state index is 5.14. The number of para-hydroxylation sites is 1. The first-order chi connectivity index (χ1) is 23.8. The van der Waals surface area contributed by atoms with Crippen LogP contribution < -0.4 is 4.90 Å². The first-order valence-corrected chi connectivity index (χ1v) is 18.4. The number of benzene rings is 7. The third kappa shape index (κ3) is 4.54. The minimum atomic E-state index is 1.07. The smallest absolute Gasteiger partial charge is 0.124 e. The Hall–Kier alpha value is -5.33. The molecule has 0 spiro atoms. The molecule has 0 aliphatic heterocycles. The quantitative estimate of drug-likeness (QED) is 0.182. The van der Waals surface area contributed by atoms with E-state index in [0.717, 1.165) is 27.6 Å². The lowest BCUT2D eigenvalue weighted by Crippen LogP contribution is -2.09. The molecule has 0 fully saturated rings. The Morgan fingerprint density at radius 2 is 1.00 bits per heavy atom. The van der Waals surface area contributed by atoms with Gasteiger partial charge in [0.15, 0.2) is 0 Å². The van der Waals surface area contributed by atoms with Gasteiger partial charge in [0.1, 0.15) is 5.01 Å². The van der Waals surface area contributed by atoms with Gasteiger partial charge in [0.2, 0.25) is 0 Å². The Labute approximate surface area is 289 Å². The molecule has 0 saturated carbocycles. The lowest BCUT2D eigenvalue weighted by Gasteiger charge is -2.25. The van der Waals surface area contributed by atoms with Gasteiger partial charge in [0.05, 0.1) is 10.2 Å². The standard InChI is InChI=1S/C43H26N2S3/c1-3-9-28(10-4-1)43-44-42-38(48-43)24-23-37-41(42)35-21-17-29(25-39(35)47-37)27-15-18-31(19-16-27)45(30-11-5-2-6-12-30)32-20-22-34-33-13-7-8-14-36(33)46-40(34)26-32/h1-26H. The zero-order valence-corrected chi connectivity index (χ0v) is 28.1. The second kappa shape index (κ2) is 11.1. The van der Waals surface area contributed by atoms with Crippen molar-refractivity contribution in [3.8, 4) is 21.7 Å². The summed E-state index contributed by atoms with van der Waals surface area (Å²) in [6.45, 7) is 0. The molecule has 7 aromatic carbocycles. The highest BCUT2D eigenvalue weighted by atomic mass is 32.1. The number of thiazole rings is 1. The maximum Gasteiger partial charge on any atom is 0.124 e.